The van der Waals surface area contributed by atoms with E-state index in [9.17, 15) is 9.59 Å². The number of anilines is 1. The van der Waals surface area contributed by atoms with E-state index in [4.69, 9.17) is 0 Å². The third-order valence-corrected chi connectivity index (χ3v) is 3.62. The molecular formula is C14H22N4O2. The summed E-state index contributed by atoms with van der Waals surface area (Å²) in [6, 6.07) is -0.976. The Morgan fingerprint density at radius 3 is 2.60 bits per heavy atom. The van der Waals surface area contributed by atoms with Gasteiger partial charge in [0.25, 0.3) is 0 Å². The minimum Gasteiger partial charge on any atom is -0.343 e. The monoisotopic (exact) mass is 278 g/mol. The van der Waals surface area contributed by atoms with Crippen LogP contribution in [0.15, 0.2) is 6.20 Å². The molecule has 6 nitrogen and oxygen atoms in total. The number of hydrogen-bond acceptors (Lipinski definition) is 3. The van der Waals surface area contributed by atoms with Crippen molar-refractivity contribution in [2.45, 2.75) is 46.2 Å². The van der Waals surface area contributed by atoms with E-state index in [1.54, 1.807) is 16.5 Å². The summed E-state index contributed by atoms with van der Waals surface area (Å²) in [4.78, 5) is 26.4. The Hall–Kier alpha value is -1.85. The molecular weight excluding hydrogens is 256 g/mol. The zero-order valence-corrected chi connectivity index (χ0v) is 12.7. The first-order chi connectivity index (χ1) is 9.36. The predicted molar refractivity (Wildman–Crippen MR) is 76.3 cm³/mol. The molecule has 1 aliphatic rings. The Bertz CT molecular complexity index is 535. The van der Waals surface area contributed by atoms with Crippen LogP contribution in [-0.4, -0.2) is 33.7 Å². The second-order valence-electron chi connectivity index (χ2n) is 5.62. The average Bonchev–Trinajstić information content (AvgIpc) is 2.73. The number of piperazine rings is 1. The average molecular weight is 278 g/mol. The van der Waals surface area contributed by atoms with E-state index in [0.717, 1.165) is 17.8 Å². The summed E-state index contributed by atoms with van der Waals surface area (Å²) in [6.45, 7) is 7.60. The zero-order valence-electron chi connectivity index (χ0n) is 12.7. The molecule has 6 heteroatoms. The van der Waals surface area contributed by atoms with Crippen LogP contribution >= 0.6 is 0 Å². The normalized spacial score (nSPS) is 23.4. The predicted octanol–water partition coefficient (Wildman–Crippen LogP) is 0.858. The topological polar surface area (TPSA) is 67.2 Å². The number of aromatic nitrogens is 2. The molecule has 20 heavy (non-hydrogen) atoms. The van der Waals surface area contributed by atoms with Crippen LogP contribution in [0.5, 0.6) is 0 Å². The van der Waals surface area contributed by atoms with E-state index >= 15 is 0 Å². The van der Waals surface area contributed by atoms with E-state index in [-0.39, 0.29) is 17.7 Å². The van der Waals surface area contributed by atoms with Gasteiger partial charge < -0.3 is 5.32 Å². The maximum absolute atomic E-state index is 12.5. The lowest BCUT2D eigenvalue weighted by Gasteiger charge is -2.39. The van der Waals surface area contributed by atoms with Crippen molar-refractivity contribution >= 4 is 17.5 Å². The van der Waals surface area contributed by atoms with Gasteiger partial charge in [-0.3, -0.25) is 19.2 Å². The molecule has 0 bridgehead atoms. The lowest BCUT2D eigenvalue weighted by Crippen LogP contribution is -2.64. The van der Waals surface area contributed by atoms with Gasteiger partial charge in [0.15, 0.2) is 0 Å². The van der Waals surface area contributed by atoms with Gasteiger partial charge in [-0.1, -0.05) is 20.8 Å². The highest BCUT2D eigenvalue weighted by Crippen LogP contribution is 2.28. The fourth-order valence-electron chi connectivity index (χ4n) is 2.67. The van der Waals surface area contributed by atoms with E-state index in [2.05, 4.69) is 10.4 Å². The van der Waals surface area contributed by atoms with Crippen LogP contribution in [0.25, 0.3) is 0 Å². The first-order valence-corrected chi connectivity index (χ1v) is 7.02. The lowest BCUT2D eigenvalue weighted by atomic mass is 9.96. The minimum atomic E-state index is -0.498. The Morgan fingerprint density at radius 1 is 1.40 bits per heavy atom. The van der Waals surface area contributed by atoms with Crippen LogP contribution in [0.1, 0.15) is 33.4 Å². The van der Waals surface area contributed by atoms with Crippen molar-refractivity contribution in [3.8, 4) is 0 Å². The first-order valence-electron chi connectivity index (χ1n) is 7.02. The van der Waals surface area contributed by atoms with Crippen LogP contribution < -0.4 is 10.2 Å². The molecule has 1 saturated heterocycles. The highest BCUT2D eigenvalue weighted by atomic mass is 16.2. The standard InChI is InChI=1S/C14H22N4O2/c1-6-10-11(7-17(5)16-10)18-12(8(2)3)13(19)15-9(4)14(18)20/h7-9,12H,6H2,1-5H3,(H,15,19). The summed E-state index contributed by atoms with van der Waals surface area (Å²) in [7, 11) is 1.82. The van der Waals surface area contributed by atoms with E-state index < -0.39 is 12.1 Å². The molecule has 0 spiro atoms. The van der Waals surface area contributed by atoms with Crippen molar-refractivity contribution in [1.29, 1.82) is 0 Å². The third kappa shape index (κ3) is 2.30. The summed E-state index contributed by atoms with van der Waals surface area (Å²) in [5.74, 6) is -0.139. The van der Waals surface area contributed by atoms with E-state index in [0.29, 0.717) is 0 Å². The van der Waals surface area contributed by atoms with Gasteiger partial charge in [0.2, 0.25) is 11.8 Å². The van der Waals surface area contributed by atoms with Crippen molar-refractivity contribution in [2.75, 3.05) is 4.90 Å². The summed E-state index contributed by atoms with van der Waals surface area (Å²) in [6.07, 6.45) is 2.54. The second-order valence-corrected chi connectivity index (χ2v) is 5.62. The van der Waals surface area contributed by atoms with Gasteiger partial charge >= 0.3 is 0 Å². The highest BCUT2D eigenvalue weighted by molar-refractivity contribution is 6.08. The van der Waals surface area contributed by atoms with Crippen LogP contribution in [0, 0.1) is 5.92 Å². The van der Waals surface area contributed by atoms with Gasteiger partial charge in [0, 0.05) is 13.2 Å². The molecule has 0 saturated carbocycles. The van der Waals surface area contributed by atoms with Crippen LogP contribution in [0.4, 0.5) is 5.69 Å². The SMILES string of the molecule is CCc1nn(C)cc1N1C(=O)C(C)NC(=O)C1C(C)C. The Balaban J connectivity index is 2.52. The summed E-state index contributed by atoms with van der Waals surface area (Å²) >= 11 is 0. The Labute approximate surface area is 119 Å². The van der Waals surface area contributed by atoms with Gasteiger partial charge in [-0.05, 0) is 19.3 Å². The fraction of sp³-hybridized carbons (Fsp3) is 0.643. The van der Waals surface area contributed by atoms with Crippen LogP contribution in [0.3, 0.4) is 0 Å². The third-order valence-electron chi connectivity index (χ3n) is 3.62. The number of carbonyl (C=O) groups excluding carboxylic acids is 2. The van der Waals surface area contributed by atoms with Crippen LogP contribution in [-0.2, 0) is 23.1 Å². The number of aryl methyl sites for hydroxylation is 2. The van der Waals surface area contributed by atoms with Crippen molar-refractivity contribution in [1.82, 2.24) is 15.1 Å². The van der Waals surface area contributed by atoms with Crippen LogP contribution in [0.2, 0.25) is 0 Å². The number of amides is 2. The van der Waals surface area contributed by atoms with E-state index in [1.165, 1.54) is 0 Å². The lowest BCUT2D eigenvalue weighted by molar-refractivity contribution is -0.134. The molecule has 1 aromatic heterocycles. The number of nitrogens with zero attached hydrogens (tertiary/aromatic N) is 3. The molecule has 2 heterocycles. The van der Waals surface area contributed by atoms with Gasteiger partial charge in [0.05, 0.1) is 11.4 Å². The number of rotatable bonds is 3. The molecule has 1 fully saturated rings. The smallest absolute Gasteiger partial charge is 0.250 e. The molecule has 0 aliphatic carbocycles. The maximum Gasteiger partial charge on any atom is 0.250 e. The molecule has 0 radical (unpaired) electrons. The molecule has 2 rings (SSSR count). The molecule has 1 aliphatic heterocycles. The minimum absolute atomic E-state index is 0.0383. The molecule has 1 aromatic rings. The largest absolute Gasteiger partial charge is 0.343 e. The molecule has 2 atom stereocenters. The van der Waals surface area contributed by atoms with Gasteiger partial charge in [0.1, 0.15) is 12.1 Å². The number of nitrogens with one attached hydrogen (secondary N) is 1. The maximum atomic E-state index is 12.5. The van der Waals surface area contributed by atoms with Gasteiger partial charge in [-0.2, -0.15) is 5.10 Å². The van der Waals surface area contributed by atoms with E-state index in [1.807, 2.05) is 34.0 Å². The van der Waals surface area contributed by atoms with Gasteiger partial charge in [-0.25, -0.2) is 0 Å². The number of hydrogen-bond donors (Lipinski definition) is 1. The zero-order chi connectivity index (χ0) is 15.0. The summed E-state index contributed by atoms with van der Waals surface area (Å²) < 4.78 is 1.69. The van der Waals surface area contributed by atoms with Crippen molar-refractivity contribution in [3.63, 3.8) is 0 Å². The molecule has 2 unspecified atom stereocenters. The Kier molecular flexibility index (Phi) is 3.83. The van der Waals surface area contributed by atoms with Crippen molar-refractivity contribution < 1.29 is 9.59 Å². The Morgan fingerprint density at radius 2 is 2.05 bits per heavy atom. The second kappa shape index (κ2) is 5.26. The molecule has 2 amide bonds. The fourth-order valence-corrected chi connectivity index (χ4v) is 2.67. The quantitative estimate of drug-likeness (QED) is 0.891. The summed E-state index contributed by atoms with van der Waals surface area (Å²) in [5, 5.41) is 7.12. The highest BCUT2D eigenvalue weighted by Gasteiger charge is 2.42. The molecule has 1 N–H and O–H groups in total. The molecule has 110 valence electrons. The van der Waals surface area contributed by atoms with Crippen molar-refractivity contribution in [3.05, 3.63) is 11.9 Å². The van der Waals surface area contributed by atoms with Gasteiger partial charge in [-0.15, -0.1) is 0 Å². The first kappa shape index (κ1) is 14.6. The molecule has 0 aromatic carbocycles. The number of carbonyl (C=O) groups is 2. The van der Waals surface area contributed by atoms with Crippen molar-refractivity contribution in [2.24, 2.45) is 13.0 Å². The summed E-state index contributed by atoms with van der Waals surface area (Å²) in [5.41, 5.74) is 1.59.